The van der Waals surface area contributed by atoms with Gasteiger partial charge in [-0.1, -0.05) is 32.1 Å². The Morgan fingerprint density at radius 1 is 0.800 bits per heavy atom. The third-order valence-corrected chi connectivity index (χ3v) is 3.24. The molecule has 0 aliphatic heterocycles. The van der Waals surface area contributed by atoms with E-state index in [0.717, 1.165) is 6.42 Å². The lowest BCUT2D eigenvalue weighted by Crippen LogP contribution is -1.99. The molecular formula is C13H20N2. The van der Waals surface area contributed by atoms with Crippen molar-refractivity contribution in [2.45, 2.75) is 57.8 Å². The summed E-state index contributed by atoms with van der Waals surface area (Å²) in [6.07, 6.45) is 15.6. The first-order valence-corrected chi connectivity index (χ1v) is 6.24. The average molecular weight is 204 g/mol. The minimum Gasteiger partial charge on any atom is -0.245 e. The maximum absolute atomic E-state index is 4.41. The molecule has 1 aliphatic rings. The van der Waals surface area contributed by atoms with Crippen molar-refractivity contribution in [3.8, 4) is 0 Å². The van der Waals surface area contributed by atoms with Crippen LogP contribution in [0.25, 0.3) is 0 Å². The largest absolute Gasteiger partial charge is 0.245 e. The van der Waals surface area contributed by atoms with Crippen LogP contribution in [0.1, 0.15) is 56.2 Å². The first-order valence-electron chi connectivity index (χ1n) is 6.24. The van der Waals surface area contributed by atoms with Crippen molar-refractivity contribution in [2.75, 3.05) is 0 Å². The minimum atomic E-state index is 1.15. The van der Waals surface area contributed by atoms with Crippen LogP contribution in [0.5, 0.6) is 0 Å². The number of nitrogens with zero attached hydrogens (tertiary/aromatic N) is 2. The molecule has 0 bridgehead atoms. The van der Waals surface area contributed by atoms with Crippen molar-refractivity contribution in [2.24, 2.45) is 0 Å². The van der Waals surface area contributed by atoms with Gasteiger partial charge in [0.25, 0.3) is 0 Å². The molecule has 1 aromatic rings. The summed E-state index contributed by atoms with van der Waals surface area (Å²) in [5.74, 6) is 0. The van der Waals surface area contributed by atoms with E-state index < -0.39 is 0 Å². The van der Waals surface area contributed by atoms with Crippen molar-refractivity contribution in [3.63, 3.8) is 0 Å². The van der Waals surface area contributed by atoms with E-state index in [2.05, 4.69) is 9.97 Å². The van der Waals surface area contributed by atoms with E-state index >= 15 is 0 Å². The van der Waals surface area contributed by atoms with Crippen LogP contribution in [-0.2, 0) is 12.8 Å². The van der Waals surface area contributed by atoms with E-state index in [1.165, 1.54) is 62.6 Å². The molecule has 2 rings (SSSR count). The third kappa shape index (κ3) is 3.29. The Balaban J connectivity index is 2.04. The van der Waals surface area contributed by atoms with Gasteiger partial charge in [0, 0.05) is 11.9 Å². The van der Waals surface area contributed by atoms with Gasteiger partial charge in [-0.2, -0.15) is 0 Å². The Bertz CT molecular complexity index is 267. The number of aromatic nitrogens is 2. The maximum Gasteiger partial charge on any atom is 0.115 e. The van der Waals surface area contributed by atoms with Crippen molar-refractivity contribution in [3.05, 3.63) is 23.8 Å². The molecule has 0 saturated heterocycles. The van der Waals surface area contributed by atoms with E-state index in [-0.39, 0.29) is 0 Å². The fourth-order valence-corrected chi connectivity index (χ4v) is 2.31. The van der Waals surface area contributed by atoms with Crippen LogP contribution in [0, 0.1) is 0 Å². The summed E-state index contributed by atoms with van der Waals surface area (Å²) in [5.41, 5.74) is 2.69. The van der Waals surface area contributed by atoms with Gasteiger partial charge in [-0.25, -0.2) is 9.97 Å². The zero-order chi connectivity index (χ0) is 10.3. The van der Waals surface area contributed by atoms with Gasteiger partial charge >= 0.3 is 0 Å². The summed E-state index contributed by atoms with van der Waals surface area (Å²) in [6, 6.07) is 0. The lowest BCUT2D eigenvalue weighted by Gasteiger charge is -2.05. The Labute approximate surface area is 92.1 Å². The first kappa shape index (κ1) is 10.6. The highest BCUT2D eigenvalue weighted by atomic mass is 14.8. The molecule has 2 nitrogen and oxygen atoms in total. The molecule has 15 heavy (non-hydrogen) atoms. The molecule has 0 N–H and O–H groups in total. The molecule has 0 spiro atoms. The summed E-state index contributed by atoms with van der Waals surface area (Å²) < 4.78 is 0. The van der Waals surface area contributed by atoms with Crippen LogP contribution in [0.4, 0.5) is 0 Å². The quantitative estimate of drug-likeness (QED) is 0.648. The van der Waals surface area contributed by atoms with Crippen molar-refractivity contribution >= 4 is 0 Å². The standard InChI is InChI=1S/C13H20N2/c1-2-4-6-8-12-10-14-11-15-13(12)9-7-5-3-1/h10-11H,1-9H2. The van der Waals surface area contributed by atoms with E-state index in [4.69, 9.17) is 0 Å². The van der Waals surface area contributed by atoms with Crippen LogP contribution >= 0.6 is 0 Å². The molecule has 0 fully saturated rings. The van der Waals surface area contributed by atoms with Gasteiger partial charge in [0.2, 0.25) is 0 Å². The van der Waals surface area contributed by atoms with Gasteiger partial charge < -0.3 is 0 Å². The van der Waals surface area contributed by atoms with Gasteiger partial charge in [-0.3, -0.25) is 0 Å². The van der Waals surface area contributed by atoms with E-state index in [1.54, 1.807) is 6.33 Å². The fourth-order valence-electron chi connectivity index (χ4n) is 2.31. The second-order valence-corrected chi connectivity index (χ2v) is 4.47. The normalized spacial score (nSPS) is 18.9. The Hall–Kier alpha value is -0.920. The molecule has 1 heterocycles. The van der Waals surface area contributed by atoms with Gasteiger partial charge in [0.05, 0.1) is 0 Å². The summed E-state index contributed by atoms with van der Waals surface area (Å²) in [4.78, 5) is 8.55. The van der Waals surface area contributed by atoms with Gasteiger partial charge in [0.15, 0.2) is 0 Å². The monoisotopic (exact) mass is 204 g/mol. The van der Waals surface area contributed by atoms with Gasteiger partial charge in [-0.05, 0) is 31.2 Å². The molecule has 0 aromatic carbocycles. The smallest absolute Gasteiger partial charge is 0.115 e. The van der Waals surface area contributed by atoms with Gasteiger partial charge in [-0.15, -0.1) is 0 Å². The Morgan fingerprint density at radius 3 is 2.27 bits per heavy atom. The van der Waals surface area contributed by atoms with E-state index in [9.17, 15) is 0 Å². The second-order valence-electron chi connectivity index (χ2n) is 4.47. The zero-order valence-corrected chi connectivity index (χ0v) is 9.41. The van der Waals surface area contributed by atoms with Crippen molar-refractivity contribution in [1.29, 1.82) is 0 Å². The number of hydrogen-bond donors (Lipinski definition) is 0. The SMILES string of the molecule is c1ncc2c(n1)CCCCCCCCC2. The highest BCUT2D eigenvalue weighted by Crippen LogP contribution is 2.16. The van der Waals surface area contributed by atoms with Gasteiger partial charge in [0.1, 0.15) is 6.33 Å². The second kappa shape index (κ2) is 5.84. The highest BCUT2D eigenvalue weighted by molar-refractivity contribution is 5.16. The minimum absolute atomic E-state index is 1.15. The molecule has 2 heteroatoms. The highest BCUT2D eigenvalue weighted by Gasteiger charge is 2.05. The summed E-state index contributed by atoms with van der Waals surface area (Å²) in [5, 5.41) is 0. The van der Waals surface area contributed by atoms with E-state index in [0.29, 0.717) is 0 Å². The lowest BCUT2D eigenvalue weighted by molar-refractivity contribution is 0.587. The molecule has 0 atom stereocenters. The number of rotatable bonds is 0. The fraction of sp³-hybridized carbons (Fsp3) is 0.692. The molecule has 0 unspecified atom stereocenters. The predicted molar refractivity (Wildman–Crippen MR) is 61.8 cm³/mol. The van der Waals surface area contributed by atoms with Crippen molar-refractivity contribution in [1.82, 2.24) is 9.97 Å². The summed E-state index contributed by atoms with van der Waals surface area (Å²) in [6.45, 7) is 0. The van der Waals surface area contributed by atoms with Crippen molar-refractivity contribution < 1.29 is 0 Å². The molecular weight excluding hydrogens is 184 g/mol. The molecule has 1 aromatic heterocycles. The van der Waals surface area contributed by atoms with Crippen LogP contribution < -0.4 is 0 Å². The third-order valence-electron chi connectivity index (χ3n) is 3.24. The molecule has 0 radical (unpaired) electrons. The zero-order valence-electron chi connectivity index (χ0n) is 9.41. The van der Waals surface area contributed by atoms with Crippen LogP contribution in [0.15, 0.2) is 12.5 Å². The number of fused-ring (bicyclic) bond motifs is 1. The first-order chi connectivity index (χ1) is 7.47. The topological polar surface area (TPSA) is 25.8 Å². The predicted octanol–water partition coefficient (Wildman–Crippen LogP) is 3.31. The summed E-state index contributed by atoms with van der Waals surface area (Å²) in [7, 11) is 0. The Kier molecular flexibility index (Phi) is 4.12. The molecule has 82 valence electrons. The molecule has 0 saturated carbocycles. The van der Waals surface area contributed by atoms with E-state index in [1.807, 2.05) is 6.20 Å². The van der Waals surface area contributed by atoms with Crippen LogP contribution in [0.3, 0.4) is 0 Å². The number of aryl methyl sites for hydroxylation is 2. The maximum atomic E-state index is 4.41. The molecule has 0 amide bonds. The Morgan fingerprint density at radius 2 is 1.47 bits per heavy atom. The number of hydrogen-bond acceptors (Lipinski definition) is 2. The summed E-state index contributed by atoms with van der Waals surface area (Å²) >= 11 is 0. The molecule has 1 aliphatic carbocycles. The van der Waals surface area contributed by atoms with Crippen LogP contribution in [0.2, 0.25) is 0 Å². The lowest BCUT2D eigenvalue weighted by atomic mass is 10.1. The average Bonchev–Trinajstić information content (AvgIpc) is 2.32. The van der Waals surface area contributed by atoms with Crippen LogP contribution in [-0.4, -0.2) is 9.97 Å².